The first-order valence-corrected chi connectivity index (χ1v) is 10.6. The van der Waals surface area contributed by atoms with E-state index in [4.69, 9.17) is 4.74 Å². The van der Waals surface area contributed by atoms with Gasteiger partial charge in [0, 0.05) is 37.5 Å². The van der Waals surface area contributed by atoms with Gasteiger partial charge in [-0.15, -0.1) is 0 Å². The number of hydrogen-bond acceptors (Lipinski definition) is 7. The number of esters is 1. The normalized spacial score (nSPS) is 13.8. The molecule has 0 aliphatic carbocycles. The van der Waals surface area contributed by atoms with Crippen molar-refractivity contribution < 1.29 is 24.0 Å². The Kier molecular flexibility index (Phi) is 7.60. The SMILES string of the molecule is CNC(=O)c1cccc(NC(=O)COC(=O)c2ccc(N3CCC(C)CC3)c([N+](=O)[O-])c2)c1. The van der Waals surface area contributed by atoms with Gasteiger partial charge in [0.2, 0.25) is 0 Å². The smallest absolute Gasteiger partial charge is 0.338 e. The van der Waals surface area contributed by atoms with Crippen molar-refractivity contribution >= 4 is 34.8 Å². The molecule has 1 fully saturated rings. The average Bonchev–Trinajstić information content (AvgIpc) is 2.82. The molecule has 2 aromatic carbocycles. The maximum Gasteiger partial charge on any atom is 0.338 e. The molecule has 0 spiro atoms. The Balaban J connectivity index is 1.63. The Morgan fingerprint density at radius 2 is 1.85 bits per heavy atom. The van der Waals surface area contributed by atoms with Crippen molar-refractivity contribution in [1.82, 2.24) is 5.32 Å². The van der Waals surface area contributed by atoms with E-state index in [1.165, 1.54) is 25.2 Å². The minimum absolute atomic E-state index is 0.00904. The van der Waals surface area contributed by atoms with Gasteiger partial charge < -0.3 is 20.3 Å². The van der Waals surface area contributed by atoms with Gasteiger partial charge in [-0.1, -0.05) is 13.0 Å². The van der Waals surface area contributed by atoms with Gasteiger partial charge >= 0.3 is 5.97 Å². The van der Waals surface area contributed by atoms with Crippen molar-refractivity contribution in [2.75, 3.05) is 37.0 Å². The number of piperidine rings is 1. The highest BCUT2D eigenvalue weighted by atomic mass is 16.6. The fourth-order valence-corrected chi connectivity index (χ4v) is 3.61. The first kappa shape index (κ1) is 23.7. The summed E-state index contributed by atoms with van der Waals surface area (Å²) in [6.07, 6.45) is 1.89. The second-order valence-electron chi connectivity index (χ2n) is 7.91. The van der Waals surface area contributed by atoms with Crippen LogP contribution in [0.4, 0.5) is 17.1 Å². The molecule has 10 nitrogen and oxygen atoms in total. The number of ether oxygens (including phenoxy) is 1. The maximum absolute atomic E-state index is 12.4. The van der Waals surface area contributed by atoms with E-state index in [9.17, 15) is 24.5 Å². The molecule has 174 valence electrons. The molecule has 1 heterocycles. The minimum atomic E-state index is -0.842. The van der Waals surface area contributed by atoms with Crippen LogP contribution in [0, 0.1) is 16.0 Å². The number of nitro benzene ring substituents is 1. The lowest BCUT2D eigenvalue weighted by molar-refractivity contribution is -0.384. The minimum Gasteiger partial charge on any atom is -0.452 e. The number of amides is 2. The fraction of sp³-hybridized carbons (Fsp3) is 0.348. The molecule has 10 heteroatoms. The van der Waals surface area contributed by atoms with Crippen LogP contribution >= 0.6 is 0 Å². The number of carbonyl (C=O) groups excluding carboxylic acids is 3. The molecule has 2 N–H and O–H groups in total. The van der Waals surface area contributed by atoms with Crippen LogP contribution in [-0.4, -0.2) is 49.5 Å². The van der Waals surface area contributed by atoms with E-state index in [1.54, 1.807) is 24.3 Å². The van der Waals surface area contributed by atoms with Crippen molar-refractivity contribution in [2.45, 2.75) is 19.8 Å². The Bertz CT molecular complexity index is 1060. The van der Waals surface area contributed by atoms with Crippen molar-refractivity contribution in [3.63, 3.8) is 0 Å². The van der Waals surface area contributed by atoms with Crippen LogP contribution in [0.1, 0.15) is 40.5 Å². The largest absolute Gasteiger partial charge is 0.452 e. The quantitative estimate of drug-likeness (QED) is 0.373. The highest BCUT2D eigenvalue weighted by Gasteiger charge is 2.25. The second kappa shape index (κ2) is 10.6. The van der Waals surface area contributed by atoms with Gasteiger partial charge in [-0.05, 0) is 49.1 Å². The van der Waals surface area contributed by atoms with Crippen LogP contribution < -0.4 is 15.5 Å². The van der Waals surface area contributed by atoms with E-state index >= 15 is 0 Å². The highest BCUT2D eigenvalue weighted by molar-refractivity contribution is 5.98. The molecule has 1 aliphatic heterocycles. The zero-order chi connectivity index (χ0) is 24.0. The summed E-state index contributed by atoms with van der Waals surface area (Å²) < 4.78 is 5.03. The van der Waals surface area contributed by atoms with Crippen LogP contribution in [0.15, 0.2) is 42.5 Å². The van der Waals surface area contributed by atoms with E-state index < -0.39 is 23.4 Å². The number of benzene rings is 2. The zero-order valence-electron chi connectivity index (χ0n) is 18.5. The van der Waals surface area contributed by atoms with Gasteiger partial charge in [-0.3, -0.25) is 19.7 Å². The molecule has 0 saturated carbocycles. The number of carbonyl (C=O) groups is 3. The van der Waals surface area contributed by atoms with Gasteiger partial charge in [-0.25, -0.2) is 4.79 Å². The van der Waals surface area contributed by atoms with Crippen LogP contribution in [-0.2, 0) is 9.53 Å². The predicted molar refractivity (Wildman–Crippen MR) is 122 cm³/mol. The molecule has 0 bridgehead atoms. The molecule has 3 rings (SSSR count). The third kappa shape index (κ3) is 6.06. The van der Waals surface area contributed by atoms with E-state index in [-0.39, 0.29) is 17.2 Å². The fourth-order valence-electron chi connectivity index (χ4n) is 3.61. The molecule has 1 saturated heterocycles. The van der Waals surface area contributed by atoms with Crippen molar-refractivity contribution in [3.8, 4) is 0 Å². The number of nitrogens with zero attached hydrogens (tertiary/aromatic N) is 2. The zero-order valence-corrected chi connectivity index (χ0v) is 18.5. The third-order valence-electron chi connectivity index (χ3n) is 5.50. The Morgan fingerprint density at radius 3 is 2.52 bits per heavy atom. The summed E-state index contributed by atoms with van der Waals surface area (Å²) in [6, 6.07) is 10.5. The number of nitrogens with one attached hydrogen (secondary N) is 2. The molecule has 2 amide bonds. The van der Waals surface area contributed by atoms with Gasteiger partial charge in [0.05, 0.1) is 10.5 Å². The highest BCUT2D eigenvalue weighted by Crippen LogP contribution is 2.32. The Hall–Kier alpha value is -3.95. The standard InChI is InChI=1S/C23H26N4O6/c1-15-8-10-26(11-9-15)19-7-6-17(13-20(19)27(31)32)23(30)33-14-21(28)25-18-5-3-4-16(12-18)22(29)24-2/h3-7,12-13,15H,8-11,14H2,1-2H3,(H,24,29)(H,25,28). The van der Waals surface area contributed by atoms with Gasteiger partial charge in [0.15, 0.2) is 6.61 Å². The summed E-state index contributed by atoms with van der Waals surface area (Å²) in [4.78, 5) is 49.3. The summed E-state index contributed by atoms with van der Waals surface area (Å²) in [5.74, 6) is -1.18. The second-order valence-corrected chi connectivity index (χ2v) is 7.91. The van der Waals surface area contributed by atoms with Crippen molar-refractivity contribution in [1.29, 1.82) is 0 Å². The van der Waals surface area contributed by atoms with Crippen LogP contribution in [0.25, 0.3) is 0 Å². The molecule has 33 heavy (non-hydrogen) atoms. The van der Waals surface area contributed by atoms with Gasteiger partial charge in [0.25, 0.3) is 17.5 Å². The lowest BCUT2D eigenvalue weighted by atomic mass is 9.98. The molecule has 0 aromatic heterocycles. The maximum atomic E-state index is 12.4. The van der Waals surface area contributed by atoms with E-state index in [0.29, 0.717) is 35.9 Å². The first-order chi connectivity index (χ1) is 15.8. The number of rotatable bonds is 7. The monoisotopic (exact) mass is 454 g/mol. The average molecular weight is 454 g/mol. The molecule has 1 aliphatic rings. The van der Waals surface area contributed by atoms with Crippen LogP contribution in [0.5, 0.6) is 0 Å². The lowest BCUT2D eigenvalue weighted by Crippen LogP contribution is -2.33. The molecular formula is C23H26N4O6. The van der Waals surface area contributed by atoms with Crippen LogP contribution in [0.3, 0.4) is 0 Å². The van der Waals surface area contributed by atoms with Gasteiger partial charge in [-0.2, -0.15) is 0 Å². The van der Waals surface area contributed by atoms with Gasteiger partial charge in [0.1, 0.15) is 5.69 Å². The summed E-state index contributed by atoms with van der Waals surface area (Å²) in [5, 5.41) is 16.6. The number of nitro groups is 1. The van der Waals surface area contributed by atoms with E-state index in [2.05, 4.69) is 17.6 Å². The Morgan fingerprint density at radius 1 is 1.12 bits per heavy atom. The summed E-state index contributed by atoms with van der Waals surface area (Å²) >= 11 is 0. The predicted octanol–water partition coefficient (Wildman–Crippen LogP) is 2.99. The molecule has 0 unspecified atom stereocenters. The molecule has 0 atom stereocenters. The van der Waals surface area contributed by atoms with Crippen molar-refractivity contribution in [2.24, 2.45) is 5.92 Å². The lowest BCUT2D eigenvalue weighted by Gasteiger charge is -2.31. The Labute approximate surface area is 191 Å². The number of hydrogen-bond donors (Lipinski definition) is 2. The first-order valence-electron chi connectivity index (χ1n) is 10.6. The number of anilines is 2. The van der Waals surface area contributed by atoms with Crippen LogP contribution in [0.2, 0.25) is 0 Å². The van der Waals surface area contributed by atoms with Crippen molar-refractivity contribution in [3.05, 3.63) is 63.7 Å². The summed E-state index contributed by atoms with van der Waals surface area (Å²) in [6.45, 7) is 3.00. The molecular weight excluding hydrogens is 428 g/mol. The summed E-state index contributed by atoms with van der Waals surface area (Å²) in [7, 11) is 1.50. The molecule has 2 aromatic rings. The summed E-state index contributed by atoms with van der Waals surface area (Å²) in [5.41, 5.74) is 1.02. The van der Waals surface area contributed by atoms with E-state index in [0.717, 1.165) is 12.8 Å². The molecule has 0 radical (unpaired) electrons. The topological polar surface area (TPSA) is 131 Å². The van der Waals surface area contributed by atoms with E-state index in [1.807, 2.05) is 4.90 Å². The third-order valence-corrected chi connectivity index (χ3v) is 5.50.